The number of phosphoric acid groups is 1. The van der Waals surface area contributed by atoms with Crippen LogP contribution >= 0.6 is 42.6 Å². The second kappa shape index (κ2) is 7.58. The van der Waals surface area contributed by atoms with Crippen LogP contribution in [-0.4, -0.2) is 10.4 Å². The van der Waals surface area contributed by atoms with Gasteiger partial charge in [-0.25, -0.2) is 4.57 Å². The zero-order valence-corrected chi connectivity index (χ0v) is 14.4. The van der Waals surface area contributed by atoms with E-state index in [2.05, 4.69) is 0 Å². The summed E-state index contributed by atoms with van der Waals surface area (Å²) < 4.78 is 26.8. The normalized spacial score (nSPS) is 12.0. The first-order chi connectivity index (χ1) is 10.4. The highest BCUT2D eigenvalue weighted by Gasteiger charge is 2.35. The highest BCUT2D eigenvalue weighted by atomic mass is 35.6. The molecule has 4 nitrogen and oxygen atoms in total. The van der Waals surface area contributed by atoms with Gasteiger partial charge in [0.1, 0.15) is 18.1 Å². The van der Waals surface area contributed by atoms with Crippen LogP contribution in [0.4, 0.5) is 0 Å². The largest absolute Gasteiger partial charge is 0.587 e. The summed E-state index contributed by atoms with van der Waals surface area (Å²) in [5.74, 6) is 0.622. The maximum absolute atomic E-state index is 12.8. The van der Waals surface area contributed by atoms with Gasteiger partial charge in [0.25, 0.3) is 0 Å². The molecule has 0 N–H and O–H groups in total. The molecule has 22 heavy (non-hydrogen) atoms. The summed E-state index contributed by atoms with van der Waals surface area (Å²) in [5, 5.41) is 0. The average Bonchev–Trinajstić information content (AvgIpc) is 2.47. The summed E-state index contributed by atoms with van der Waals surface area (Å²) in [6.07, 6.45) is 0. The lowest BCUT2D eigenvalue weighted by molar-refractivity contribution is 0.213. The average molecular weight is 382 g/mol. The van der Waals surface area contributed by atoms with E-state index in [0.29, 0.717) is 11.5 Å². The molecule has 118 valence electrons. The number of alkyl halides is 3. The second-order valence-electron chi connectivity index (χ2n) is 4.14. The van der Waals surface area contributed by atoms with Crippen LogP contribution in [-0.2, 0) is 9.09 Å². The molecule has 0 bridgehead atoms. The minimum atomic E-state index is -4.01. The van der Waals surface area contributed by atoms with Gasteiger partial charge in [-0.1, -0.05) is 71.2 Å². The summed E-state index contributed by atoms with van der Waals surface area (Å²) in [6, 6.07) is 16.9. The van der Waals surface area contributed by atoms with Crippen molar-refractivity contribution in [2.45, 2.75) is 3.79 Å². The van der Waals surface area contributed by atoms with Gasteiger partial charge in [-0.2, -0.15) is 0 Å². The Bertz CT molecular complexity index is 586. The summed E-state index contributed by atoms with van der Waals surface area (Å²) >= 11 is 16.9. The Morgan fingerprint density at radius 1 is 0.818 bits per heavy atom. The van der Waals surface area contributed by atoms with Gasteiger partial charge in [0.05, 0.1) is 0 Å². The van der Waals surface area contributed by atoms with E-state index < -0.39 is 18.2 Å². The van der Waals surface area contributed by atoms with Crippen LogP contribution in [0.25, 0.3) is 0 Å². The molecular formula is C14H12Cl3O4P. The maximum Gasteiger partial charge on any atom is 0.587 e. The molecule has 0 amide bonds. The van der Waals surface area contributed by atoms with Gasteiger partial charge in [-0.05, 0) is 24.3 Å². The SMILES string of the molecule is O=P(OCC(Cl)(Cl)Cl)(Oc1ccccc1)Oc1ccccc1. The third-order valence-corrected chi connectivity index (χ3v) is 3.95. The number of halogens is 3. The molecule has 0 atom stereocenters. The van der Waals surface area contributed by atoms with Crippen molar-refractivity contribution in [1.82, 2.24) is 0 Å². The van der Waals surface area contributed by atoms with Crippen LogP contribution in [0.2, 0.25) is 0 Å². The van der Waals surface area contributed by atoms with Gasteiger partial charge in [0.15, 0.2) is 0 Å². The Hall–Kier alpha value is -0.900. The highest BCUT2D eigenvalue weighted by molar-refractivity contribution is 7.49. The fourth-order valence-electron chi connectivity index (χ4n) is 1.44. The van der Waals surface area contributed by atoms with Crippen LogP contribution in [0.1, 0.15) is 0 Å². The van der Waals surface area contributed by atoms with Crippen LogP contribution in [0.3, 0.4) is 0 Å². The molecule has 0 aliphatic rings. The Kier molecular flexibility index (Phi) is 6.01. The van der Waals surface area contributed by atoms with Gasteiger partial charge < -0.3 is 9.05 Å². The molecule has 0 fully saturated rings. The standard InChI is InChI=1S/C14H12Cl3O4P/c15-14(16,17)11-19-22(18,20-12-7-3-1-4-8-12)21-13-9-5-2-6-10-13/h1-10H,11H2. The molecule has 2 aromatic rings. The van der Waals surface area contributed by atoms with E-state index >= 15 is 0 Å². The summed E-state index contributed by atoms with van der Waals surface area (Å²) in [5.41, 5.74) is 0. The summed E-state index contributed by atoms with van der Waals surface area (Å²) in [4.78, 5) is 0. The fraction of sp³-hybridized carbons (Fsp3) is 0.143. The van der Waals surface area contributed by atoms with E-state index in [-0.39, 0.29) is 0 Å². The van der Waals surface area contributed by atoms with Gasteiger partial charge in [-0.3, -0.25) is 4.52 Å². The van der Waals surface area contributed by atoms with E-state index in [0.717, 1.165) is 0 Å². The van der Waals surface area contributed by atoms with Crippen LogP contribution < -0.4 is 9.05 Å². The Labute approximate surface area is 143 Å². The minimum Gasteiger partial charge on any atom is -0.395 e. The zero-order chi connectivity index (χ0) is 16.1. The molecule has 0 aromatic heterocycles. The first-order valence-electron chi connectivity index (χ1n) is 6.17. The van der Waals surface area contributed by atoms with Gasteiger partial charge in [-0.15, -0.1) is 0 Å². The van der Waals surface area contributed by atoms with E-state index in [1.54, 1.807) is 60.7 Å². The monoisotopic (exact) mass is 380 g/mol. The van der Waals surface area contributed by atoms with Crippen molar-refractivity contribution < 1.29 is 18.1 Å². The van der Waals surface area contributed by atoms with Crippen molar-refractivity contribution in [3.05, 3.63) is 60.7 Å². The molecule has 2 aromatic carbocycles. The highest BCUT2D eigenvalue weighted by Crippen LogP contribution is 2.50. The van der Waals surface area contributed by atoms with Gasteiger partial charge >= 0.3 is 7.82 Å². The third kappa shape index (κ3) is 6.07. The van der Waals surface area contributed by atoms with Crippen molar-refractivity contribution in [3.63, 3.8) is 0 Å². The quantitative estimate of drug-likeness (QED) is 0.480. The lowest BCUT2D eigenvalue weighted by Gasteiger charge is -2.20. The van der Waals surface area contributed by atoms with Crippen LogP contribution in [0.15, 0.2) is 60.7 Å². The number of para-hydroxylation sites is 2. The molecule has 0 heterocycles. The molecule has 0 saturated carbocycles. The zero-order valence-electron chi connectivity index (χ0n) is 11.2. The van der Waals surface area contributed by atoms with E-state index in [1.807, 2.05) is 0 Å². The predicted molar refractivity (Wildman–Crippen MR) is 88.0 cm³/mol. The number of benzene rings is 2. The summed E-state index contributed by atoms with van der Waals surface area (Å²) in [7, 11) is -4.01. The number of hydrogen-bond donors (Lipinski definition) is 0. The molecule has 0 saturated heterocycles. The minimum absolute atomic E-state index is 0.311. The second-order valence-corrected chi connectivity index (χ2v) is 8.18. The Balaban J connectivity index is 2.17. The van der Waals surface area contributed by atoms with E-state index in [9.17, 15) is 4.57 Å². The Morgan fingerprint density at radius 2 is 1.23 bits per heavy atom. The number of phosphoric ester groups is 1. The van der Waals surface area contributed by atoms with E-state index in [1.165, 1.54) is 0 Å². The van der Waals surface area contributed by atoms with Crippen molar-refractivity contribution in [3.8, 4) is 11.5 Å². The molecule has 0 unspecified atom stereocenters. The fourth-order valence-corrected chi connectivity index (χ4v) is 3.09. The van der Waals surface area contributed by atoms with Crippen LogP contribution in [0, 0.1) is 0 Å². The number of rotatable bonds is 6. The van der Waals surface area contributed by atoms with Gasteiger partial charge in [0, 0.05) is 0 Å². The van der Waals surface area contributed by atoms with Crippen molar-refractivity contribution >= 4 is 42.6 Å². The predicted octanol–water partition coefficient (Wildman–Crippen LogP) is 5.64. The molecule has 2 rings (SSSR count). The smallest absolute Gasteiger partial charge is 0.395 e. The van der Waals surface area contributed by atoms with Crippen molar-refractivity contribution in [2.75, 3.05) is 6.61 Å². The molecule has 0 aliphatic carbocycles. The van der Waals surface area contributed by atoms with E-state index in [4.69, 9.17) is 48.4 Å². The molecule has 0 spiro atoms. The molecule has 0 radical (unpaired) electrons. The number of hydrogen-bond acceptors (Lipinski definition) is 4. The summed E-state index contributed by atoms with van der Waals surface area (Å²) in [6.45, 7) is -0.450. The lowest BCUT2D eigenvalue weighted by atomic mass is 10.3. The first kappa shape index (κ1) is 17.5. The van der Waals surface area contributed by atoms with Crippen LogP contribution in [0.5, 0.6) is 11.5 Å². The van der Waals surface area contributed by atoms with Gasteiger partial charge in [0.2, 0.25) is 3.79 Å². The topological polar surface area (TPSA) is 44.8 Å². The van der Waals surface area contributed by atoms with Crippen molar-refractivity contribution in [1.29, 1.82) is 0 Å². The first-order valence-corrected chi connectivity index (χ1v) is 8.76. The molecule has 0 aliphatic heterocycles. The third-order valence-electron chi connectivity index (χ3n) is 2.31. The van der Waals surface area contributed by atoms with Crippen molar-refractivity contribution in [2.24, 2.45) is 0 Å². The molecule has 8 heteroatoms. The maximum atomic E-state index is 12.8. The Morgan fingerprint density at radius 3 is 1.59 bits per heavy atom. The molecular weight excluding hydrogens is 369 g/mol. The lowest BCUT2D eigenvalue weighted by Crippen LogP contribution is -2.15.